The Kier molecular flexibility index (Phi) is 7.47. The largest absolute Gasteiger partial charge is 0.483 e. The van der Waals surface area contributed by atoms with Crippen molar-refractivity contribution < 1.29 is 35.9 Å². The number of nitrogens with zero attached hydrogens (tertiary/aromatic N) is 1. The highest BCUT2D eigenvalue weighted by atomic mass is 32.2. The van der Waals surface area contributed by atoms with E-state index in [4.69, 9.17) is 4.74 Å². The maximum absolute atomic E-state index is 13.3. The molecule has 1 fully saturated rings. The summed E-state index contributed by atoms with van der Waals surface area (Å²) < 4.78 is 85.2. The molecule has 174 valence electrons. The second-order valence-electron chi connectivity index (χ2n) is 7.21. The zero-order chi connectivity index (χ0) is 23.4. The number of carbonyl (C=O) groups is 1. The molecule has 0 aliphatic carbocycles. The van der Waals surface area contributed by atoms with E-state index in [2.05, 4.69) is 4.72 Å². The number of hydrogen-bond donors (Lipinski definition) is 1. The predicted octanol–water partition coefficient (Wildman–Crippen LogP) is 6.57. The summed E-state index contributed by atoms with van der Waals surface area (Å²) in [5.41, 5.74) is 0.0741. The molecule has 0 radical (unpaired) electrons. The van der Waals surface area contributed by atoms with E-state index in [0.29, 0.717) is 25.1 Å². The van der Waals surface area contributed by atoms with Crippen LogP contribution in [-0.2, 0) is 6.18 Å². The lowest BCUT2D eigenvalue weighted by atomic mass is 10.1. The Hall–Kier alpha value is -2.56. The van der Waals surface area contributed by atoms with Crippen LogP contribution in [0.5, 0.6) is 5.75 Å². The second kappa shape index (κ2) is 9.93. The standard InChI is InChI=1S/C21H20F6N2O2S/c22-20(23,24)13-31-18-7-4-14(12-30)10-19(18)32-28-16-11-15(21(25,26)27)5-6-17(16)29-8-2-1-3-9-29/h4-7,10-12,28H,1-3,8-9,13H2. The quantitative estimate of drug-likeness (QED) is 0.277. The molecule has 3 rings (SSSR count). The van der Waals surface area contributed by atoms with E-state index >= 15 is 0 Å². The third-order valence-electron chi connectivity index (χ3n) is 4.79. The molecule has 0 amide bonds. The summed E-state index contributed by atoms with van der Waals surface area (Å²) in [6.07, 6.45) is -5.76. The lowest BCUT2D eigenvalue weighted by molar-refractivity contribution is -0.153. The molecule has 2 aromatic rings. The van der Waals surface area contributed by atoms with Crippen LogP contribution < -0.4 is 14.4 Å². The van der Waals surface area contributed by atoms with Crippen LogP contribution in [-0.4, -0.2) is 32.2 Å². The SMILES string of the molecule is O=Cc1ccc(OCC(F)(F)F)c(SNc2cc(C(F)(F)F)ccc2N2CCCCC2)c1. The number of nitrogens with one attached hydrogen (secondary N) is 1. The molecule has 0 unspecified atom stereocenters. The fourth-order valence-electron chi connectivity index (χ4n) is 3.27. The highest BCUT2D eigenvalue weighted by Crippen LogP contribution is 2.39. The highest BCUT2D eigenvalue weighted by molar-refractivity contribution is 8.00. The normalized spacial score (nSPS) is 14.9. The van der Waals surface area contributed by atoms with Crippen molar-refractivity contribution in [1.82, 2.24) is 0 Å². The Morgan fingerprint density at radius 3 is 2.34 bits per heavy atom. The minimum absolute atomic E-state index is 0.140. The fraction of sp³-hybridized carbons (Fsp3) is 0.381. The molecule has 4 nitrogen and oxygen atoms in total. The van der Waals surface area contributed by atoms with E-state index in [1.165, 1.54) is 24.3 Å². The maximum Gasteiger partial charge on any atom is 0.422 e. The monoisotopic (exact) mass is 478 g/mol. The van der Waals surface area contributed by atoms with Crippen molar-refractivity contribution in [3.63, 3.8) is 0 Å². The highest BCUT2D eigenvalue weighted by Gasteiger charge is 2.32. The molecular weight excluding hydrogens is 458 g/mol. The van der Waals surface area contributed by atoms with E-state index < -0.39 is 24.5 Å². The molecule has 0 aromatic heterocycles. The van der Waals surface area contributed by atoms with Crippen LogP contribution >= 0.6 is 11.9 Å². The molecule has 0 saturated carbocycles. The zero-order valence-corrected chi connectivity index (χ0v) is 17.5. The summed E-state index contributed by atoms with van der Waals surface area (Å²) in [5, 5.41) is 0. The molecule has 0 spiro atoms. The van der Waals surface area contributed by atoms with Crippen LogP contribution in [0.4, 0.5) is 37.7 Å². The molecule has 32 heavy (non-hydrogen) atoms. The van der Waals surface area contributed by atoms with E-state index in [-0.39, 0.29) is 21.9 Å². The van der Waals surface area contributed by atoms with E-state index in [0.717, 1.165) is 43.3 Å². The average molecular weight is 478 g/mol. The molecule has 0 atom stereocenters. The van der Waals surface area contributed by atoms with Crippen molar-refractivity contribution in [2.75, 3.05) is 29.3 Å². The Bertz CT molecular complexity index is 943. The Morgan fingerprint density at radius 2 is 1.72 bits per heavy atom. The Morgan fingerprint density at radius 1 is 1.00 bits per heavy atom. The summed E-state index contributed by atoms with van der Waals surface area (Å²) in [7, 11) is 0. The number of carbonyl (C=O) groups excluding carboxylic acids is 1. The Balaban J connectivity index is 1.89. The van der Waals surface area contributed by atoms with Crippen LogP contribution in [0, 0.1) is 0 Å². The number of ether oxygens (including phenoxy) is 1. The summed E-state index contributed by atoms with van der Waals surface area (Å²) >= 11 is 0.783. The van der Waals surface area contributed by atoms with Gasteiger partial charge < -0.3 is 14.4 Å². The molecule has 1 heterocycles. The molecule has 11 heteroatoms. The Labute approximate surface area is 185 Å². The molecular formula is C21H20F6N2O2S. The first kappa shape index (κ1) is 24.1. The van der Waals surface area contributed by atoms with Gasteiger partial charge in [0.15, 0.2) is 6.61 Å². The van der Waals surface area contributed by atoms with E-state index in [1.807, 2.05) is 4.90 Å². The van der Waals surface area contributed by atoms with Crippen molar-refractivity contribution >= 4 is 29.6 Å². The second-order valence-corrected chi connectivity index (χ2v) is 8.06. The third-order valence-corrected chi connectivity index (χ3v) is 5.65. The number of rotatable bonds is 7. The number of piperidine rings is 1. The summed E-state index contributed by atoms with van der Waals surface area (Å²) in [6, 6.07) is 7.19. The van der Waals surface area contributed by atoms with Crippen molar-refractivity contribution in [3.05, 3.63) is 47.5 Å². The van der Waals surface area contributed by atoms with Gasteiger partial charge in [-0.15, -0.1) is 0 Å². The number of hydrogen-bond acceptors (Lipinski definition) is 5. The van der Waals surface area contributed by atoms with Gasteiger partial charge in [-0.05, 0) is 67.6 Å². The van der Waals surface area contributed by atoms with Crippen molar-refractivity contribution in [1.29, 1.82) is 0 Å². The lowest BCUT2D eigenvalue weighted by Gasteiger charge is -2.31. The van der Waals surface area contributed by atoms with Crippen LogP contribution in [0.1, 0.15) is 35.2 Å². The van der Waals surface area contributed by atoms with Crippen molar-refractivity contribution in [2.24, 2.45) is 0 Å². The minimum Gasteiger partial charge on any atom is -0.483 e. The average Bonchev–Trinajstić information content (AvgIpc) is 2.75. The third kappa shape index (κ3) is 6.47. The summed E-state index contributed by atoms with van der Waals surface area (Å²) in [5.74, 6) is -0.142. The van der Waals surface area contributed by atoms with Crippen LogP contribution in [0.2, 0.25) is 0 Å². The van der Waals surface area contributed by atoms with Gasteiger partial charge in [0.1, 0.15) is 12.0 Å². The van der Waals surface area contributed by atoms with Gasteiger partial charge in [0.2, 0.25) is 0 Å². The number of halogens is 6. The molecule has 0 bridgehead atoms. The van der Waals surface area contributed by atoms with Gasteiger partial charge in [0.05, 0.1) is 21.8 Å². The first-order valence-electron chi connectivity index (χ1n) is 9.75. The van der Waals surface area contributed by atoms with Gasteiger partial charge in [0, 0.05) is 18.7 Å². The molecule has 1 saturated heterocycles. The fourth-order valence-corrected chi connectivity index (χ4v) is 4.08. The number of alkyl halides is 6. The first-order valence-corrected chi connectivity index (χ1v) is 10.6. The van der Waals surface area contributed by atoms with Crippen LogP contribution in [0.15, 0.2) is 41.3 Å². The maximum atomic E-state index is 13.3. The van der Waals surface area contributed by atoms with Crippen molar-refractivity contribution in [2.45, 2.75) is 36.5 Å². The minimum atomic E-state index is -4.57. The molecule has 2 aromatic carbocycles. The number of anilines is 2. The van der Waals surface area contributed by atoms with Gasteiger partial charge in [-0.25, -0.2) is 0 Å². The smallest absolute Gasteiger partial charge is 0.422 e. The van der Waals surface area contributed by atoms with Gasteiger partial charge in [-0.1, -0.05) is 0 Å². The predicted molar refractivity (Wildman–Crippen MR) is 110 cm³/mol. The van der Waals surface area contributed by atoms with Gasteiger partial charge >= 0.3 is 12.4 Å². The van der Waals surface area contributed by atoms with Crippen molar-refractivity contribution in [3.8, 4) is 5.75 Å². The molecule has 1 aliphatic rings. The first-order chi connectivity index (χ1) is 15.1. The summed E-state index contributed by atoms with van der Waals surface area (Å²) in [4.78, 5) is 13.2. The number of aldehydes is 1. The van der Waals surface area contributed by atoms with Crippen LogP contribution in [0.25, 0.3) is 0 Å². The molecule has 1 aliphatic heterocycles. The summed E-state index contributed by atoms with van der Waals surface area (Å²) in [6.45, 7) is -0.167. The molecule has 1 N–H and O–H groups in total. The van der Waals surface area contributed by atoms with Crippen LogP contribution in [0.3, 0.4) is 0 Å². The van der Waals surface area contributed by atoms with E-state index in [1.54, 1.807) is 0 Å². The van der Waals surface area contributed by atoms with Gasteiger partial charge in [-0.3, -0.25) is 4.79 Å². The number of benzene rings is 2. The lowest BCUT2D eigenvalue weighted by Crippen LogP contribution is -2.30. The van der Waals surface area contributed by atoms with Gasteiger partial charge in [-0.2, -0.15) is 26.3 Å². The van der Waals surface area contributed by atoms with E-state index in [9.17, 15) is 31.1 Å². The topological polar surface area (TPSA) is 41.6 Å². The zero-order valence-electron chi connectivity index (χ0n) is 16.7. The van der Waals surface area contributed by atoms with Gasteiger partial charge in [0.25, 0.3) is 0 Å².